The summed E-state index contributed by atoms with van der Waals surface area (Å²) in [6, 6.07) is 10.4. The van der Waals surface area contributed by atoms with E-state index in [0.717, 1.165) is 0 Å². The topological polar surface area (TPSA) is 92.6 Å². The first kappa shape index (κ1) is 25.6. The van der Waals surface area contributed by atoms with Crippen LogP contribution in [0.15, 0.2) is 42.5 Å². The van der Waals surface area contributed by atoms with Crippen LogP contribution in [0.5, 0.6) is 0 Å². The number of nitrogens with zero attached hydrogens (tertiary/aromatic N) is 2. The van der Waals surface area contributed by atoms with Crippen molar-refractivity contribution in [3.8, 4) is 0 Å². The zero-order chi connectivity index (χ0) is 23.8. The highest BCUT2D eigenvalue weighted by Crippen LogP contribution is 2.25. The minimum Gasteiger partial charge on any atom is -0.354 e. The van der Waals surface area contributed by atoms with E-state index in [2.05, 4.69) is 5.32 Å². The number of nitro groups is 1. The first-order chi connectivity index (χ1) is 15.1. The van der Waals surface area contributed by atoms with Crippen molar-refractivity contribution in [3.63, 3.8) is 0 Å². The standard InChI is InChI=1S/C23H27Cl2N3O4/c1-4-20(23(30)26-13-15(2)3)27(14-16-9-10-18(24)19(25)11-16)22(29)12-17-7-5-6-8-21(17)28(31)32/h5-11,15,20H,4,12-14H2,1-3H3,(H,26,30). The highest BCUT2D eigenvalue weighted by atomic mass is 35.5. The Hall–Kier alpha value is -2.64. The summed E-state index contributed by atoms with van der Waals surface area (Å²) in [6.07, 6.45) is 0.181. The van der Waals surface area contributed by atoms with E-state index in [4.69, 9.17) is 23.2 Å². The fourth-order valence-electron chi connectivity index (χ4n) is 3.28. The Kier molecular flexibility index (Phi) is 9.47. The Morgan fingerprint density at radius 1 is 1.12 bits per heavy atom. The molecule has 0 spiro atoms. The normalized spacial score (nSPS) is 11.8. The summed E-state index contributed by atoms with van der Waals surface area (Å²) in [5.41, 5.74) is 0.858. The third kappa shape index (κ3) is 6.93. The van der Waals surface area contributed by atoms with E-state index in [-0.39, 0.29) is 30.5 Å². The molecule has 2 aromatic rings. The third-order valence-electron chi connectivity index (χ3n) is 4.94. The van der Waals surface area contributed by atoms with E-state index in [1.165, 1.54) is 11.0 Å². The third-order valence-corrected chi connectivity index (χ3v) is 5.68. The molecule has 1 unspecified atom stereocenters. The molecule has 2 aromatic carbocycles. The largest absolute Gasteiger partial charge is 0.354 e. The zero-order valence-electron chi connectivity index (χ0n) is 18.3. The van der Waals surface area contributed by atoms with Crippen LogP contribution in [0.2, 0.25) is 10.0 Å². The number of para-hydroxylation sites is 1. The van der Waals surface area contributed by atoms with Gasteiger partial charge in [0.2, 0.25) is 11.8 Å². The van der Waals surface area contributed by atoms with Gasteiger partial charge in [-0.15, -0.1) is 0 Å². The van der Waals surface area contributed by atoms with Crippen LogP contribution in [0.1, 0.15) is 38.3 Å². The molecule has 1 atom stereocenters. The van der Waals surface area contributed by atoms with Gasteiger partial charge in [0.15, 0.2) is 0 Å². The molecule has 0 aliphatic rings. The number of nitro benzene ring substituents is 1. The maximum atomic E-state index is 13.4. The van der Waals surface area contributed by atoms with Gasteiger partial charge in [0, 0.05) is 24.7 Å². The molecule has 0 saturated carbocycles. The lowest BCUT2D eigenvalue weighted by Gasteiger charge is -2.31. The fourth-order valence-corrected chi connectivity index (χ4v) is 3.60. The molecule has 0 aliphatic heterocycles. The van der Waals surface area contributed by atoms with E-state index in [9.17, 15) is 19.7 Å². The molecule has 172 valence electrons. The molecular formula is C23H27Cl2N3O4. The second kappa shape index (κ2) is 11.8. The molecule has 7 nitrogen and oxygen atoms in total. The minimum absolute atomic E-state index is 0.115. The number of benzene rings is 2. The van der Waals surface area contributed by atoms with Gasteiger partial charge in [0.25, 0.3) is 5.69 Å². The monoisotopic (exact) mass is 479 g/mol. The molecule has 0 radical (unpaired) electrons. The van der Waals surface area contributed by atoms with Crippen LogP contribution in [-0.4, -0.2) is 34.2 Å². The summed E-state index contributed by atoms with van der Waals surface area (Å²) in [5.74, 6) is -0.406. The van der Waals surface area contributed by atoms with Gasteiger partial charge in [0.1, 0.15) is 6.04 Å². The molecule has 0 heterocycles. The summed E-state index contributed by atoms with van der Waals surface area (Å²) in [4.78, 5) is 38.6. The summed E-state index contributed by atoms with van der Waals surface area (Å²) >= 11 is 12.1. The van der Waals surface area contributed by atoms with Gasteiger partial charge < -0.3 is 10.2 Å². The molecule has 32 heavy (non-hydrogen) atoms. The van der Waals surface area contributed by atoms with Crippen molar-refractivity contribution in [1.29, 1.82) is 0 Å². The molecule has 2 amide bonds. The van der Waals surface area contributed by atoms with E-state index in [1.54, 1.807) is 36.4 Å². The molecule has 0 saturated heterocycles. The highest BCUT2D eigenvalue weighted by Gasteiger charge is 2.30. The van der Waals surface area contributed by atoms with E-state index in [0.29, 0.717) is 34.1 Å². The molecule has 9 heteroatoms. The van der Waals surface area contributed by atoms with Gasteiger partial charge in [-0.3, -0.25) is 19.7 Å². The average Bonchev–Trinajstić information content (AvgIpc) is 2.74. The summed E-state index contributed by atoms with van der Waals surface area (Å²) in [5, 5.41) is 15.0. The van der Waals surface area contributed by atoms with Gasteiger partial charge in [-0.2, -0.15) is 0 Å². The Morgan fingerprint density at radius 2 is 1.81 bits per heavy atom. The molecule has 0 aromatic heterocycles. The van der Waals surface area contributed by atoms with Crippen LogP contribution in [0, 0.1) is 16.0 Å². The molecule has 2 rings (SSSR count). The Bertz CT molecular complexity index is 981. The van der Waals surface area contributed by atoms with Crippen molar-refractivity contribution in [2.45, 2.75) is 46.2 Å². The van der Waals surface area contributed by atoms with Crippen LogP contribution in [0.3, 0.4) is 0 Å². The van der Waals surface area contributed by atoms with Crippen molar-refractivity contribution in [2.75, 3.05) is 6.54 Å². The predicted octanol–water partition coefficient (Wildman–Crippen LogP) is 5.02. The number of carbonyl (C=O) groups excluding carboxylic acids is 2. The molecule has 1 N–H and O–H groups in total. The Labute approximate surface area is 197 Å². The van der Waals surface area contributed by atoms with E-state index >= 15 is 0 Å². The average molecular weight is 480 g/mol. The number of halogens is 2. The fraction of sp³-hybridized carbons (Fsp3) is 0.391. The number of carbonyl (C=O) groups is 2. The number of hydrogen-bond donors (Lipinski definition) is 1. The van der Waals surface area contributed by atoms with Crippen molar-refractivity contribution in [2.24, 2.45) is 5.92 Å². The lowest BCUT2D eigenvalue weighted by molar-refractivity contribution is -0.385. The lowest BCUT2D eigenvalue weighted by Crippen LogP contribution is -2.50. The van der Waals surface area contributed by atoms with Gasteiger partial charge in [-0.1, -0.05) is 68.2 Å². The number of rotatable bonds is 10. The summed E-state index contributed by atoms with van der Waals surface area (Å²) in [6.45, 7) is 6.38. The van der Waals surface area contributed by atoms with Crippen LogP contribution < -0.4 is 5.32 Å². The molecular weight excluding hydrogens is 453 g/mol. The van der Waals surface area contributed by atoms with Crippen molar-refractivity contribution >= 4 is 40.7 Å². The number of nitrogens with one attached hydrogen (secondary N) is 1. The zero-order valence-corrected chi connectivity index (χ0v) is 19.8. The lowest BCUT2D eigenvalue weighted by atomic mass is 10.1. The van der Waals surface area contributed by atoms with Gasteiger partial charge in [-0.25, -0.2) is 0 Å². The SMILES string of the molecule is CCC(C(=O)NCC(C)C)N(Cc1ccc(Cl)c(Cl)c1)C(=O)Cc1ccccc1[N+](=O)[O-]. The Balaban J connectivity index is 2.37. The maximum absolute atomic E-state index is 13.4. The molecule has 0 bridgehead atoms. The summed E-state index contributed by atoms with van der Waals surface area (Å²) in [7, 11) is 0. The van der Waals surface area contributed by atoms with Crippen molar-refractivity contribution in [3.05, 3.63) is 73.8 Å². The first-order valence-electron chi connectivity index (χ1n) is 10.4. The van der Waals surface area contributed by atoms with Crippen LogP contribution in [0.25, 0.3) is 0 Å². The van der Waals surface area contributed by atoms with Crippen molar-refractivity contribution in [1.82, 2.24) is 10.2 Å². The van der Waals surface area contributed by atoms with E-state index in [1.807, 2.05) is 20.8 Å². The minimum atomic E-state index is -0.738. The van der Waals surface area contributed by atoms with Gasteiger partial charge in [-0.05, 0) is 30.0 Å². The second-order valence-electron chi connectivity index (χ2n) is 7.90. The molecule has 0 fully saturated rings. The quantitative estimate of drug-likeness (QED) is 0.382. The smallest absolute Gasteiger partial charge is 0.273 e. The second-order valence-corrected chi connectivity index (χ2v) is 8.71. The maximum Gasteiger partial charge on any atom is 0.273 e. The van der Waals surface area contributed by atoms with Crippen molar-refractivity contribution < 1.29 is 14.5 Å². The van der Waals surface area contributed by atoms with Crippen LogP contribution >= 0.6 is 23.2 Å². The first-order valence-corrected chi connectivity index (χ1v) is 11.1. The summed E-state index contributed by atoms with van der Waals surface area (Å²) < 4.78 is 0. The highest BCUT2D eigenvalue weighted by molar-refractivity contribution is 6.42. The predicted molar refractivity (Wildman–Crippen MR) is 126 cm³/mol. The number of hydrogen-bond acceptors (Lipinski definition) is 4. The van der Waals surface area contributed by atoms with E-state index < -0.39 is 16.9 Å². The van der Waals surface area contributed by atoms with Gasteiger partial charge in [0.05, 0.1) is 21.4 Å². The van der Waals surface area contributed by atoms with Crippen LogP contribution in [0.4, 0.5) is 5.69 Å². The van der Waals surface area contributed by atoms with Gasteiger partial charge >= 0.3 is 0 Å². The van der Waals surface area contributed by atoms with Crippen LogP contribution in [-0.2, 0) is 22.6 Å². The Morgan fingerprint density at radius 3 is 2.41 bits per heavy atom. The number of amides is 2. The molecule has 0 aliphatic carbocycles.